The smallest absolute Gasteiger partial charge is 0.468 e. The predicted octanol–water partition coefficient (Wildman–Crippen LogP) is 4.01. The van der Waals surface area contributed by atoms with E-state index in [1.165, 1.54) is 19.1 Å². The van der Waals surface area contributed by atoms with Gasteiger partial charge in [0, 0.05) is 7.05 Å². The van der Waals surface area contributed by atoms with Gasteiger partial charge in [-0.1, -0.05) is 26.7 Å². The summed E-state index contributed by atoms with van der Waals surface area (Å²) >= 11 is 0. The number of esters is 1. The maximum Gasteiger partial charge on any atom is 0.508 e. The van der Waals surface area contributed by atoms with Gasteiger partial charge in [-0.2, -0.15) is 0 Å². The van der Waals surface area contributed by atoms with E-state index < -0.39 is 26.0 Å². The van der Waals surface area contributed by atoms with Gasteiger partial charge in [-0.05, 0) is 38.5 Å². The maximum absolute atomic E-state index is 13.2. The van der Waals surface area contributed by atoms with E-state index >= 15 is 0 Å². The summed E-state index contributed by atoms with van der Waals surface area (Å²) in [6.07, 6.45) is 3.47. The van der Waals surface area contributed by atoms with Crippen molar-refractivity contribution in [2.75, 3.05) is 60.3 Å². The number of nitrogens with zero attached hydrogens (tertiary/aromatic N) is 2. The SMILES string of the molecule is CCCCOC(=O)OCCCCOP(=O)(/N=C(\N)N(C)CC(=O)OC)OCCCCOC(=O)OCCCC. The second kappa shape index (κ2) is 22.4. The number of nitrogens with two attached hydrogens (primary N) is 1. The Kier molecular flexibility index (Phi) is 20.9. The normalized spacial score (nSPS) is 11.5. The van der Waals surface area contributed by atoms with E-state index in [0.717, 1.165) is 25.7 Å². The zero-order valence-electron chi connectivity index (χ0n) is 23.0. The van der Waals surface area contributed by atoms with Crippen molar-refractivity contribution in [2.24, 2.45) is 10.5 Å². The number of unbranched alkanes of at least 4 members (excludes halogenated alkanes) is 4. The fourth-order valence-electron chi connectivity index (χ4n) is 2.40. The van der Waals surface area contributed by atoms with E-state index in [1.807, 2.05) is 13.8 Å². The van der Waals surface area contributed by atoms with Crippen LogP contribution < -0.4 is 5.73 Å². The molecule has 14 nitrogen and oxygen atoms in total. The van der Waals surface area contributed by atoms with E-state index in [4.69, 9.17) is 33.7 Å². The van der Waals surface area contributed by atoms with Gasteiger partial charge in [-0.3, -0.25) is 13.8 Å². The van der Waals surface area contributed by atoms with Crippen molar-refractivity contribution < 1.29 is 51.7 Å². The van der Waals surface area contributed by atoms with Crippen molar-refractivity contribution in [3.05, 3.63) is 0 Å². The van der Waals surface area contributed by atoms with Gasteiger partial charge in [0.25, 0.3) is 0 Å². The van der Waals surface area contributed by atoms with Gasteiger partial charge in [0.05, 0.1) is 46.8 Å². The molecule has 0 fully saturated rings. The van der Waals surface area contributed by atoms with Crippen LogP contribution in [0.5, 0.6) is 0 Å². The average Bonchev–Trinajstić information content (AvgIpc) is 2.88. The van der Waals surface area contributed by atoms with Gasteiger partial charge in [0.15, 0.2) is 0 Å². The van der Waals surface area contributed by atoms with Crippen LogP contribution in [0, 0.1) is 0 Å². The van der Waals surface area contributed by atoms with Crippen molar-refractivity contribution in [1.82, 2.24) is 4.90 Å². The Morgan fingerprint density at radius 1 is 0.737 bits per heavy atom. The fourth-order valence-corrected chi connectivity index (χ4v) is 3.71. The van der Waals surface area contributed by atoms with Crippen molar-refractivity contribution in [3.8, 4) is 0 Å². The summed E-state index contributed by atoms with van der Waals surface area (Å²) in [6, 6.07) is 0. The zero-order chi connectivity index (χ0) is 28.7. The Bertz CT molecular complexity index is 714. The second-order valence-electron chi connectivity index (χ2n) is 8.04. The first-order valence-electron chi connectivity index (χ1n) is 12.8. The molecule has 0 aromatic heterocycles. The number of rotatable bonds is 21. The molecule has 0 amide bonds. The van der Waals surface area contributed by atoms with Crippen LogP contribution in [0.15, 0.2) is 4.76 Å². The molecule has 0 aliphatic carbocycles. The Labute approximate surface area is 225 Å². The molecule has 0 aliphatic heterocycles. The molecule has 0 spiro atoms. The van der Waals surface area contributed by atoms with E-state index in [1.54, 1.807) is 0 Å². The summed E-state index contributed by atoms with van der Waals surface area (Å²) in [7, 11) is -1.36. The van der Waals surface area contributed by atoms with Crippen LogP contribution in [0.25, 0.3) is 0 Å². The lowest BCUT2D eigenvalue weighted by atomic mass is 10.3. The number of ether oxygens (including phenoxy) is 5. The van der Waals surface area contributed by atoms with Gasteiger partial charge in [-0.25, -0.2) is 14.2 Å². The van der Waals surface area contributed by atoms with Crippen LogP contribution in [-0.2, 0) is 42.1 Å². The number of hydrogen-bond acceptors (Lipinski definition) is 11. The van der Waals surface area contributed by atoms with E-state index in [-0.39, 0.29) is 38.9 Å². The molecule has 0 atom stereocenters. The number of hydrogen-bond donors (Lipinski definition) is 1. The standard InChI is InChI=1S/C23H44N3O11P/c1-5-7-13-32-22(28)34-15-9-11-17-36-38(30,25-21(24)26(3)19-20(27)31-4)37-18-12-10-16-35-23(29)33-14-8-6-2/h5-19H2,1-4H3,(H2,24,25,30). The highest BCUT2D eigenvalue weighted by molar-refractivity contribution is 7.52. The third-order valence-electron chi connectivity index (χ3n) is 4.67. The van der Waals surface area contributed by atoms with Crippen molar-refractivity contribution in [3.63, 3.8) is 0 Å². The molecule has 222 valence electrons. The van der Waals surface area contributed by atoms with Gasteiger partial charge >= 0.3 is 26.0 Å². The molecule has 0 aromatic rings. The molecule has 2 N–H and O–H groups in total. The lowest BCUT2D eigenvalue weighted by Gasteiger charge is -2.19. The lowest BCUT2D eigenvalue weighted by molar-refractivity contribution is -0.140. The van der Waals surface area contributed by atoms with E-state index in [2.05, 4.69) is 9.50 Å². The summed E-state index contributed by atoms with van der Waals surface area (Å²) in [4.78, 5) is 35.6. The van der Waals surface area contributed by atoms with E-state index in [9.17, 15) is 18.9 Å². The van der Waals surface area contributed by atoms with Gasteiger partial charge in [-0.15, -0.1) is 4.76 Å². The molecule has 0 aromatic carbocycles. The number of carbonyl (C=O) groups is 3. The number of guanidine groups is 1. The van der Waals surface area contributed by atoms with Crippen molar-refractivity contribution in [2.45, 2.75) is 65.2 Å². The third-order valence-corrected chi connectivity index (χ3v) is 6.14. The molecule has 0 heterocycles. The molecule has 0 bridgehead atoms. The highest BCUT2D eigenvalue weighted by Crippen LogP contribution is 2.50. The van der Waals surface area contributed by atoms with Gasteiger partial charge in [0.1, 0.15) is 6.54 Å². The lowest BCUT2D eigenvalue weighted by Crippen LogP contribution is -2.38. The van der Waals surface area contributed by atoms with Gasteiger partial charge < -0.3 is 34.3 Å². The first-order valence-corrected chi connectivity index (χ1v) is 14.3. The number of methoxy groups -OCH3 is 1. The number of likely N-dealkylation sites (N-methyl/N-ethyl adjacent to an activating group) is 1. The minimum Gasteiger partial charge on any atom is -0.468 e. The number of carbonyl (C=O) groups excluding carboxylic acids is 3. The quantitative estimate of drug-likeness (QED) is 0.0524. The van der Waals surface area contributed by atoms with Crippen LogP contribution in [0.1, 0.15) is 65.2 Å². The minimum atomic E-state index is -4.05. The second-order valence-corrected chi connectivity index (χ2v) is 9.69. The monoisotopic (exact) mass is 569 g/mol. The molecule has 0 rings (SSSR count). The summed E-state index contributed by atoms with van der Waals surface area (Å²) in [5.74, 6) is -0.807. The molecule has 0 aliphatic rings. The summed E-state index contributed by atoms with van der Waals surface area (Å²) in [5.41, 5.74) is 5.87. The van der Waals surface area contributed by atoms with Crippen molar-refractivity contribution >= 4 is 32.0 Å². The predicted molar refractivity (Wildman–Crippen MR) is 139 cm³/mol. The Balaban J connectivity index is 4.66. The molecule has 0 radical (unpaired) electrons. The molecule has 0 saturated heterocycles. The first kappa shape index (κ1) is 35.4. The maximum atomic E-state index is 13.2. The topological polar surface area (TPSA) is 175 Å². The van der Waals surface area contributed by atoms with Crippen LogP contribution in [0.4, 0.5) is 9.59 Å². The van der Waals surface area contributed by atoms with Crippen molar-refractivity contribution in [1.29, 1.82) is 0 Å². The minimum absolute atomic E-state index is 0.0181. The molecule has 38 heavy (non-hydrogen) atoms. The van der Waals surface area contributed by atoms with Gasteiger partial charge in [0.2, 0.25) is 5.96 Å². The molecular formula is C23H44N3O11P. The first-order chi connectivity index (χ1) is 18.2. The summed E-state index contributed by atoms with van der Waals surface area (Å²) < 4.78 is 52.2. The Morgan fingerprint density at radius 2 is 1.13 bits per heavy atom. The fraction of sp³-hybridized carbons (Fsp3) is 0.826. The molecule has 0 unspecified atom stereocenters. The van der Waals surface area contributed by atoms with Crippen LogP contribution in [0.2, 0.25) is 0 Å². The average molecular weight is 570 g/mol. The Hall–Kier alpha value is -2.57. The Morgan fingerprint density at radius 3 is 1.53 bits per heavy atom. The third kappa shape index (κ3) is 19.5. The molecule has 15 heteroatoms. The van der Waals surface area contributed by atoms with Crippen LogP contribution >= 0.6 is 7.75 Å². The van der Waals surface area contributed by atoms with Crippen LogP contribution in [0.3, 0.4) is 0 Å². The largest absolute Gasteiger partial charge is 0.508 e. The summed E-state index contributed by atoms with van der Waals surface area (Å²) in [5, 5.41) is 0. The zero-order valence-corrected chi connectivity index (χ0v) is 23.9. The highest BCUT2D eigenvalue weighted by atomic mass is 31.2. The summed E-state index contributed by atoms with van der Waals surface area (Å²) in [6.45, 7) is 4.52. The molecule has 0 saturated carbocycles. The van der Waals surface area contributed by atoms with E-state index in [0.29, 0.717) is 38.9 Å². The highest BCUT2D eigenvalue weighted by Gasteiger charge is 2.26. The van der Waals surface area contributed by atoms with Crippen LogP contribution in [-0.4, -0.2) is 89.5 Å². The molecular weight excluding hydrogens is 525 g/mol.